The highest BCUT2D eigenvalue weighted by Gasteiger charge is 2.58. The quantitative estimate of drug-likeness (QED) is 0.192. The van der Waals surface area contributed by atoms with E-state index in [1.807, 2.05) is 24.1 Å². The lowest BCUT2D eigenvalue weighted by atomic mass is 9.45. The lowest BCUT2D eigenvalue weighted by Crippen LogP contribution is -2.62. The van der Waals surface area contributed by atoms with Gasteiger partial charge >= 0.3 is 0 Å². The third-order valence-corrected chi connectivity index (χ3v) is 15.7. The molecular formula is C40H74N6O7S. The van der Waals surface area contributed by atoms with Crippen molar-refractivity contribution in [2.24, 2.45) is 58.5 Å². The van der Waals surface area contributed by atoms with Crippen LogP contribution in [0.2, 0.25) is 0 Å². The van der Waals surface area contributed by atoms with Gasteiger partial charge in [0.15, 0.2) is 0 Å². The van der Waals surface area contributed by atoms with Crippen molar-refractivity contribution >= 4 is 21.7 Å². The van der Waals surface area contributed by atoms with Gasteiger partial charge in [0.1, 0.15) is 15.9 Å². The average molecular weight is 783 g/mol. The summed E-state index contributed by atoms with van der Waals surface area (Å²) >= 11 is 0. The molecule has 1 heterocycles. The molecule has 54 heavy (non-hydrogen) atoms. The Balaban J connectivity index is 1.32. The molecule has 0 aromatic carbocycles. The Labute approximate surface area is 326 Å². The molecule has 6 fully saturated rings. The molecule has 2 bridgehead atoms. The summed E-state index contributed by atoms with van der Waals surface area (Å²) in [5, 5.41) is 19.4. The van der Waals surface area contributed by atoms with E-state index in [4.69, 9.17) is 15.3 Å². The van der Waals surface area contributed by atoms with Gasteiger partial charge in [-0.3, -0.25) is 14.4 Å². The van der Waals surface area contributed by atoms with Gasteiger partial charge in [-0.25, -0.2) is 8.42 Å². The van der Waals surface area contributed by atoms with Gasteiger partial charge in [0.2, 0.25) is 11.8 Å². The number of hydroxylamine groups is 2. The first-order valence-electron chi connectivity index (χ1n) is 20.7. The second-order valence-electron chi connectivity index (χ2n) is 19.2. The maximum Gasteiger partial charge on any atom is 0.240 e. The number of nitrogens with two attached hydrogens (primary N) is 1. The topological polar surface area (TPSA) is 167 Å². The van der Waals surface area contributed by atoms with E-state index >= 15 is 0 Å². The minimum absolute atomic E-state index is 0.0727. The van der Waals surface area contributed by atoms with E-state index in [-0.39, 0.29) is 66.0 Å². The molecule has 0 aromatic heterocycles. The van der Waals surface area contributed by atoms with E-state index in [1.165, 1.54) is 12.7 Å². The monoisotopic (exact) mass is 783 g/mol. The van der Waals surface area contributed by atoms with E-state index in [9.17, 15) is 23.1 Å². The number of ether oxygens (including phenoxy) is 1. The second-order valence-corrected chi connectivity index (χ2v) is 21.4. The fraction of sp³-hybridized carbons (Fsp3) is 0.950. The zero-order valence-corrected chi connectivity index (χ0v) is 35.7. The van der Waals surface area contributed by atoms with Gasteiger partial charge in [0.25, 0.3) is 0 Å². The molecule has 6 rings (SSSR count). The van der Waals surface area contributed by atoms with Gasteiger partial charge in [0.05, 0.1) is 30.1 Å². The van der Waals surface area contributed by atoms with Gasteiger partial charge < -0.3 is 36.0 Å². The minimum atomic E-state index is -3.29. The molecule has 13 nitrogen and oxygen atoms in total. The van der Waals surface area contributed by atoms with Crippen LogP contribution in [-0.4, -0.2) is 150 Å². The fourth-order valence-electron chi connectivity index (χ4n) is 11.7. The minimum Gasteiger partial charge on any atom is -0.393 e. The Morgan fingerprint density at radius 3 is 2.33 bits per heavy atom. The zero-order valence-electron chi connectivity index (χ0n) is 34.9. The van der Waals surface area contributed by atoms with Crippen molar-refractivity contribution in [3.8, 4) is 0 Å². The highest BCUT2D eigenvalue weighted by molar-refractivity contribution is 7.90. The number of methoxy groups -OCH3 is 1. The Bertz CT molecular complexity index is 1400. The number of hydrogen-bond donors (Lipinski definition) is 4. The lowest BCUT2D eigenvalue weighted by molar-refractivity contribution is -0.186. The van der Waals surface area contributed by atoms with E-state index < -0.39 is 40.0 Å². The summed E-state index contributed by atoms with van der Waals surface area (Å²) in [6, 6.07) is -0.860. The summed E-state index contributed by atoms with van der Waals surface area (Å²) in [7, 11) is 6.39. The van der Waals surface area contributed by atoms with Gasteiger partial charge in [-0.2, -0.15) is 5.06 Å². The summed E-state index contributed by atoms with van der Waals surface area (Å²) < 4.78 is 30.9. The number of rotatable bonds is 15. The molecule has 1 aliphatic heterocycles. The molecule has 7 unspecified atom stereocenters. The number of carbonyl (C=O) groups is 2. The highest BCUT2D eigenvalue weighted by Crippen LogP contribution is 2.61. The molecule has 312 valence electrons. The summed E-state index contributed by atoms with van der Waals surface area (Å²) in [5.74, 6) is 1.10. The molecule has 0 aromatic rings. The Morgan fingerprint density at radius 2 is 1.78 bits per heavy atom. The van der Waals surface area contributed by atoms with Crippen LogP contribution in [0, 0.1) is 52.8 Å². The van der Waals surface area contributed by atoms with Gasteiger partial charge in [-0.1, -0.05) is 27.2 Å². The number of amides is 2. The van der Waals surface area contributed by atoms with Gasteiger partial charge in [-0.05, 0) is 115 Å². The summed E-state index contributed by atoms with van der Waals surface area (Å²) in [6.07, 6.45) is 7.32. The maximum absolute atomic E-state index is 14.4. The summed E-state index contributed by atoms with van der Waals surface area (Å²) in [4.78, 5) is 38.9. The molecule has 6 aliphatic rings. The van der Waals surface area contributed by atoms with Crippen LogP contribution in [0.1, 0.15) is 79.1 Å². The highest BCUT2D eigenvalue weighted by atomic mass is 32.2. The molecular weight excluding hydrogens is 709 g/mol. The van der Waals surface area contributed by atoms with Crippen LogP contribution in [0.15, 0.2) is 0 Å². The Hall–Kier alpha value is -1.39. The Kier molecular flexibility index (Phi) is 14.3. The first kappa shape index (κ1) is 43.7. The first-order chi connectivity index (χ1) is 25.2. The van der Waals surface area contributed by atoms with Crippen LogP contribution >= 0.6 is 0 Å². The van der Waals surface area contributed by atoms with E-state index in [0.717, 1.165) is 38.5 Å². The van der Waals surface area contributed by atoms with E-state index in [2.05, 4.69) is 50.4 Å². The number of sulfone groups is 1. The summed E-state index contributed by atoms with van der Waals surface area (Å²) in [6.45, 7) is 9.85. The van der Waals surface area contributed by atoms with Crippen LogP contribution in [0.25, 0.3) is 0 Å². The standard InChI is InChI=1S/C40H74N6O7S/c1-23-32-17-28(40(32,3)4)18-33(23)43-39(49)36-35(24(2)47)34(19-41)53-46(36)20-25-12-11-13-31(37(25)52-9)26-14-27(16-30(15-26)45(7)8)38(48)42-29(21-44(5)6)22-54(10,50)51/h23-37,47H,11-22,41H2,1-10H3,(H,42,48)(H,43,49)/t23-,24-,25?,26?,27?,28+,29+,30?,31?,32-,33?,34-,35+,36-,37?/m0/s1. The third-order valence-electron chi connectivity index (χ3n) is 14.7. The molecule has 0 spiro atoms. The van der Waals surface area contributed by atoms with Crippen molar-refractivity contribution < 1.29 is 32.7 Å². The number of nitrogens with one attached hydrogen (secondary N) is 2. The predicted octanol–water partition coefficient (Wildman–Crippen LogP) is 1.98. The number of carbonyl (C=O) groups excluding carboxylic acids is 2. The normalized spacial score (nSPS) is 39.6. The number of likely N-dealkylation sites (N-methyl/N-ethyl adjacent to an activating group) is 1. The molecule has 5 aliphatic carbocycles. The van der Waals surface area contributed by atoms with E-state index in [1.54, 1.807) is 14.0 Å². The largest absolute Gasteiger partial charge is 0.393 e. The molecule has 0 radical (unpaired) electrons. The number of fused-ring (bicyclic) bond motifs is 2. The van der Waals surface area contributed by atoms with Crippen molar-refractivity contribution in [2.45, 2.75) is 122 Å². The van der Waals surface area contributed by atoms with Crippen molar-refractivity contribution in [3.05, 3.63) is 0 Å². The Morgan fingerprint density at radius 1 is 1.07 bits per heavy atom. The smallest absolute Gasteiger partial charge is 0.240 e. The molecule has 5 N–H and O–H groups in total. The van der Waals surface area contributed by atoms with E-state index in [0.29, 0.717) is 42.7 Å². The second kappa shape index (κ2) is 17.6. The number of aliphatic hydroxyl groups is 1. The number of nitrogens with zero attached hydrogens (tertiary/aromatic N) is 3. The van der Waals surface area contributed by atoms with Gasteiger partial charge in [0, 0.05) is 62.8 Å². The number of aliphatic hydroxyl groups excluding tert-OH is 1. The van der Waals surface area contributed by atoms with Crippen LogP contribution in [0.4, 0.5) is 0 Å². The van der Waals surface area contributed by atoms with Crippen LogP contribution in [-0.2, 0) is 29.0 Å². The number of hydrogen-bond acceptors (Lipinski definition) is 11. The lowest BCUT2D eigenvalue weighted by Gasteiger charge is -2.62. The first-order valence-corrected chi connectivity index (χ1v) is 22.8. The SMILES string of the molecule is COC1C(CN2O[C@@H](CN)[C@@H]([C@H](C)O)[C@H]2C(=O)NC2C[C@H]3C[C@@H]([C@@H]2C)C3(C)C)CCCC1C1CC(C(=O)N[C@H](CN(C)C)CS(C)(=O)=O)CC(N(C)C)C1. The molecule has 2 amide bonds. The molecule has 14 heteroatoms. The third kappa shape index (κ3) is 9.65. The molecule has 5 saturated carbocycles. The fourth-order valence-corrected chi connectivity index (χ4v) is 12.6. The van der Waals surface area contributed by atoms with Crippen molar-refractivity contribution in [1.29, 1.82) is 0 Å². The van der Waals surface area contributed by atoms with Crippen molar-refractivity contribution in [2.75, 3.05) is 66.9 Å². The van der Waals surface area contributed by atoms with Crippen LogP contribution in [0.3, 0.4) is 0 Å². The average Bonchev–Trinajstić information content (AvgIpc) is 3.46. The van der Waals surface area contributed by atoms with Crippen LogP contribution < -0.4 is 16.4 Å². The summed E-state index contributed by atoms with van der Waals surface area (Å²) in [5.41, 5.74) is 6.53. The predicted molar refractivity (Wildman–Crippen MR) is 211 cm³/mol. The van der Waals surface area contributed by atoms with Crippen molar-refractivity contribution in [1.82, 2.24) is 25.5 Å². The molecule has 1 saturated heterocycles. The zero-order chi connectivity index (χ0) is 39.9. The van der Waals surface area contributed by atoms with Crippen LogP contribution in [0.5, 0.6) is 0 Å². The maximum atomic E-state index is 14.4. The van der Waals surface area contributed by atoms with Crippen molar-refractivity contribution in [3.63, 3.8) is 0 Å². The molecule has 15 atom stereocenters. The van der Waals surface area contributed by atoms with Gasteiger partial charge in [-0.15, -0.1) is 0 Å².